The zero-order valence-electron chi connectivity index (χ0n) is 15.2. The Bertz CT molecular complexity index is 871. The van der Waals surface area contributed by atoms with E-state index in [4.69, 9.17) is 4.42 Å². The minimum atomic E-state index is -3.51. The van der Waals surface area contributed by atoms with Gasteiger partial charge in [0.05, 0.1) is 12.0 Å². The highest BCUT2D eigenvalue weighted by molar-refractivity contribution is 7.91. The summed E-state index contributed by atoms with van der Waals surface area (Å²) in [5.74, 6) is 1.15. The van der Waals surface area contributed by atoms with Crippen LogP contribution >= 0.6 is 11.3 Å². The lowest BCUT2D eigenvalue weighted by molar-refractivity contribution is -0.126. The van der Waals surface area contributed by atoms with Gasteiger partial charge in [-0.1, -0.05) is 6.07 Å². The number of piperidine rings is 1. The maximum atomic E-state index is 12.7. The van der Waals surface area contributed by atoms with Crippen molar-refractivity contribution in [2.45, 2.75) is 43.9 Å². The van der Waals surface area contributed by atoms with Gasteiger partial charge in [-0.05, 0) is 51.1 Å². The number of amides is 1. The summed E-state index contributed by atoms with van der Waals surface area (Å²) in [4.78, 5) is 12.7. The third-order valence-electron chi connectivity index (χ3n) is 4.75. The Morgan fingerprint density at radius 1 is 1.42 bits per heavy atom. The number of furan rings is 1. The molecule has 0 aliphatic carbocycles. The van der Waals surface area contributed by atoms with Gasteiger partial charge in [0.15, 0.2) is 0 Å². The molecule has 26 heavy (non-hydrogen) atoms. The fraction of sp³-hybridized carbons (Fsp3) is 0.500. The minimum absolute atomic E-state index is 0.109. The van der Waals surface area contributed by atoms with E-state index in [9.17, 15) is 13.2 Å². The third-order valence-corrected chi connectivity index (χ3v) is 7.99. The zero-order chi connectivity index (χ0) is 18.9. The van der Waals surface area contributed by atoms with E-state index in [1.54, 1.807) is 17.5 Å². The Kier molecular flexibility index (Phi) is 5.55. The fourth-order valence-corrected chi connectivity index (χ4v) is 6.07. The number of carbonyl (C=O) groups excluding carboxylic acids is 1. The van der Waals surface area contributed by atoms with E-state index in [0.717, 1.165) is 17.1 Å². The Morgan fingerprint density at radius 3 is 2.81 bits per heavy atom. The molecule has 2 aromatic rings. The Hall–Kier alpha value is -1.64. The molecule has 1 aliphatic rings. The van der Waals surface area contributed by atoms with Crippen LogP contribution in [0.4, 0.5) is 0 Å². The molecule has 1 saturated heterocycles. The van der Waals surface area contributed by atoms with Crippen molar-refractivity contribution in [2.75, 3.05) is 13.1 Å². The summed E-state index contributed by atoms with van der Waals surface area (Å²) in [6.45, 7) is 6.35. The molecule has 2 atom stereocenters. The number of hydrogen-bond acceptors (Lipinski definition) is 5. The summed E-state index contributed by atoms with van der Waals surface area (Å²) in [6, 6.07) is 5.08. The molecule has 0 saturated carbocycles. The number of carbonyl (C=O) groups is 1. The molecule has 2 aromatic heterocycles. The zero-order valence-corrected chi connectivity index (χ0v) is 16.8. The van der Waals surface area contributed by atoms with Crippen molar-refractivity contribution in [2.24, 2.45) is 5.92 Å². The first kappa shape index (κ1) is 19.1. The molecular weight excluding hydrogens is 372 g/mol. The van der Waals surface area contributed by atoms with Gasteiger partial charge in [-0.3, -0.25) is 4.79 Å². The summed E-state index contributed by atoms with van der Waals surface area (Å²) < 4.78 is 32.7. The molecule has 0 aromatic carbocycles. The third kappa shape index (κ3) is 3.87. The highest BCUT2D eigenvalue weighted by Gasteiger charge is 2.34. The van der Waals surface area contributed by atoms with Crippen molar-refractivity contribution in [3.63, 3.8) is 0 Å². The van der Waals surface area contributed by atoms with E-state index < -0.39 is 10.0 Å². The largest absolute Gasteiger partial charge is 0.466 e. The molecule has 3 heterocycles. The molecule has 1 N–H and O–H groups in total. The highest BCUT2D eigenvalue weighted by Crippen LogP contribution is 2.27. The molecule has 2 unspecified atom stereocenters. The van der Waals surface area contributed by atoms with Gasteiger partial charge in [0.1, 0.15) is 15.7 Å². The monoisotopic (exact) mass is 396 g/mol. The summed E-state index contributed by atoms with van der Waals surface area (Å²) in [5, 5.41) is 4.76. The molecule has 1 amide bonds. The first-order valence-corrected chi connectivity index (χ1v) is 11.0. The van der Waals surface area contributed by atoms with Crippen molar-refractivity contribution in [3.8, 4) is 0 Å². The molecule has 0 radical (unpaired) electrons. The average Bonchev–Trinajstić information content (AvgIpc) is 3.25. The molecule has 8 heteroatoms. The fourth-order valence-electron chi connectivity index (χ4n) is 3.40. The van der Waals surface area contributed by atoms with Gasteiger partial charge in [0.2, 0.25) is 5.91 Å². The first-order valence-electron chi connectivity index (χ1n) is 8.70. The van der Waals surface area contributed by atoms with Crippen molar-refractivity contribution in [3.05, 3.63) is 40.7 Å². The van der Waals surface area contributed by atoms with Crippen LogP contribution in [0, 0.1) is 19.8 Å². The summed E-state index contributed by atoms with van der Waals surface area (Å²) in [7, 11) is -3.51. The van der Waals surface area contributed by atoms with Crippen LogP contribution in [0.2, 0.25) is 0 Å². The molecule has 6 nitrogen and oxygen atoms in total. The Labute approximate surface area is 158 Å². The smallest absolute Gasteiger partial charge is 0.252 e. The van der Waals surface area contributed by atoms with Gasteiger partial charge < -0.3 is 9.73 Å². The van der Waals surface area contributed by atoms with Crippen LogP contribution in [-0.4, -0.2) is 31.7 Å². The van der Waals surface area contributed by atoms with E-state index >= 15 is 0 Å². The Balaban J connectivity index is 1.67. The number of nitrogens with one attached hydrogen (secondary N) is 1. The second-order valence-corrected chi connectivity index (χ2v) is 9.85. The van der Waals surface area contributed by atoms with Crippen LogP contribution in [-0.2, 0) is 14.8 Å². The van der Waals surface area contributed by atoms with Crippen molar-refractivity contribution in [1.29, 1.82) is 0 Å². The number of hydrogen-bond donors (Lipinski definition) is 1. The predicted molar refractivity (Wildman–Crippen MR) is 101 cm³/mol. The lowest BCUT2D eigenvalue weighted by atomic mass is 9.98. The molecule has 142 valence electrons. The van der Waals surface area contributed by atoms with Crippen molar-refractivity contribution in [1.82, 2.24) is 9.62 Å². The average molecular weight is 397 g/mol. The van der Waals surface area contributed by atoms with Crippen LogP contribution in [0.1, 0.15) is 42.9 Å². The standard InChI is InChI=1S/C18H24N2O4S2/c1-12-10-16(14(3)24-12)13(2)19-18(21)15-6-4-8-20(11-15)26(22,23)17-7-5-9-25-17/h5,7,9-10,13,15H,4,6,8,11H2,1-3H3,(H,19,21). The number of rotatable bonds is 5. The second kappa shape index (κ2) is 7.54. The van der Waals surface area contributed by atoms with E-state index in [2.05, 4.69) is 5.32 Å². The lowest BCUT2D eigenvalue weighted by Crippen LogP contribution is -2.45. The van der Waals surface area contributed by atoms with Gasteiger partial charge in [-0.15, -0.1) is 11.3 Å². The topological polar surface area (TPSA) is 79.6 Å². The molecule has 0 bridgehead atoms. The van der Waals surface area contributed by atoms with Gasteiger partial charge >= 0.3 is 0 Å². The highest BCUT2D eigenvalue weighted by atomic mass is 32.2. The Morgan fingerprint density at radius 2 is 2.19 bits per heavy atom. The first-order chi connectivity index (χ1) is 12.3. The molecular formula is C18H24N2O4S2. The van der Waals surface area contributed by atoms with Crippen LogP contribution < -0.4 is 5.32 Å². The number of thiophene rings is 1. The SMILES string of the molecule is Cc1cc(C(C)NC(=O)C2CCCN(S(=O)(=O)c3cccs3)C2)c(C)o1. The van der Waals surface area contributed by atoms with E-state index in [-0.39, 0.29) is 24.4 Å². The van der Waals surface area contributed by atoms with Crippen LogP contribution in [0.3, 0.4) is 0 Å². The van der Waals surface area contributed by atoms with Crippen molar-refractivity contribution < 1.29 is 17.6 Å². The summed E-state index contributed by atoms with van der Waals surface area (Å²) in [6.07, 6.45) is 1.37. The molecule has 0 spiro atoms. The minimum Gasteiger partial charge on any atom is -0.466 e. The van der Waals surface area contributed by atoms with Crippen LogP contribution in [0.15, 0.2) is 32.2 Å². The van der Waals surface area contributed by atoms with E-state index in [1.165, 1.54) is 15.6 Å². The van der Waals surface area contributed by atoms with E-state index in [1.807, 2.05) is 26.8 Å². The second-order valence-electron chi connectivity index (χ2n) is 6.73. The maximum Gasteiger partial charge on any atom is 0.252 e. The van der Waals surface area contributed by atoms with Crippen molar-refractivity contribution >= 4 is 27.3 Å². The number of nitrogens with zero attached hydrogens (tertiary/aromatic N) is 1. The molecule has 1 aliphatic heterocycles. The van der Waals surface area contributed by atoms with Gasteiger partial charge in [0, 0.05) is 18.7 Å². The number of aryl methyl sites for hydroxylation is 2. The van der Waals surface area contributed by atoms with E-state index in [0.29, 0.717) is 23.6 Å². The normalized spacial score (nSPS) is 20.0. The van der Waals surface area contributed by atoms with Crippen LogP contribution in [0.5, 0.6) is 0 Å². The molecule has 1 fully saturated rings. The maximum absolute atomic E-state index is 12.7. The van der Waals surface area contributed by atoms with Crippen LogP contribution in [0.25, 0.3) is 0 Å². The molecule has 3 rings (SSSR count). The predicted octanol–water partition coefficient (Wildman–Crippen LogP) is 3.24. The van der Waals surface area contributed by atoms with Gasteiger partial charge in [-0.2, -0.15) is 4.31 Å². The van der Waals surface area contributed by atoms with Gasteiger partial charge in [-0.25, -0.2) is 8.42 Å². The van der Waals surface area contributed by atoms with Gasteiger partial charge in [0.25, 0.3) is 10.0 Å². The number of sulfonamides is 1. The lowest BCUT2D eigenvalue weighted by Gasteiger charge is -2.31. The summed E-state index contributed by atoms with van der Waals surface area (Å²) in [5.41, 5.74) is 0.953. The quantitative estimate of drug-likeness (QED) is 0.841. The summed E-state index contributed by atoms with van der Waals surface area (Å²) >= 11 is 1.20.